The molecule has 0 saturated heterocycles. The standard InChI is InChI=1S/C9H13N5S/c1-6(8-10-4-5-14(8)3)11-9-13-12-7(2)15-9/h4-6H,1-3H3,(H,11,13). The normalized spacial score (nSPS) is 12.7. The number of nitrogens with zero attached hydrogens (tertiary/aromatic N) is 4. The molecule has 80 valence electrons. The van der Waals surface area contributed by atoms with Crippen molar-refractivity contribution in [3.63, 3.8) is 0 Å². The fourth-order valence-corrected chi connectivity index (χ4v) is 2.08. The van der Waals surface area contributed by atoms with E-state index in [9.17, 15) is 0 Å². The van der Waals surface area contributed by atoms with Gasteiger partial charge in [0.05, 0.1) is 6.04 Å². The van der Waals surface area contributed by atoms with Crippen molar-refractivity contribution in [2.24, 2.45) is 7.05 Å². The summed E-state index contributed by atoms with van der Waals surface area (Å²) >= 11 is 1.55. The molecule has 0 aliphatic heterocycles. The Morgan fingerprint density at radius 2 is 2.27 bits per heavy atom. The minimum atomic E-state index is 0.136. The van der Waals surface area contributed by atoms with Crippen molar-refractivity contribution >= 4 is 16.5 Å². The van der Waals surface area contributed by atoms with Crippen LogP contribution in [0.4, 0.5) is 5.13 Å². The highest BCUT2D eigenvalue weighted by Gasteiger charge is 2.11. The van der Waals surface area contributed by atoms with Gasteiger partial charge in [0.15, 0.2) is 0 Å². The molecular weight excluding hydrogens is 210 g/mol. The number of hydrogen-bond donors (Lipinski definition) is 1. The van der Waals surface area contributed by atoms with Crippen LogP contribution in [0.3, 0.4) is 0 Å². The van der Waals surface area contributed by atoms with Gasteiger partial charge in [-0.25, -0.2) is 4.98 Å². The van der Waals surface area contributed by atoms with Crippen molar-refractivity contribution in [1.82, 2.24) is 19.7 Å². The summed E-state index contributed by atoms with van der Waals surface area (Å²) in [5.41, 5.74) is 0. The highest BCUT2D eigenvalue weighted by Crippen LogP contribution is 2.20. The maximum Gasteiger partial charge on any atom is 0.206 e. The Bertz CT molecular complexity index is 447. The van der Waals surface area contributed by atoms with Crippen LogP contribution in [0.15, 0.2) is 12.4 Å². The van der Waals surface area contributed by atoms with Gasteiger partial charge >= 0.3 is 0 Å². The zero-order chi connectivity index (χ0) is 10.8. The molecule has 0 aliphatic carbocycles. The molecule has 15 heavy (non-hydrogen) atoms. The van der Waals surface area contributed by atoms with Crippen molar-refractivity contribution in [2.75, 3.05) is 5.32 Å². The molecule has 1 atom stereocenters. The SMILES string of the molecule is Cc1nnc(NC(C)c2nccn2C)s1. The van der Waals surface area contributed by atoms with Crippen molar-refractivity contribution in [1.29, 1.82) is 0 Å². The van der Waals surface area contributed by atoms with E-state index in [4.69, 9.17) is 0 Å². The molecular formula is C9H13N5S. The molecule has 0 bridgehead atoms. The van der Waals surface area contributed by atoms with Crippen LogP contribution in [0.2, 0.25) is 0 Å². The van der Waals surface area contributed by atoms with E-state index >= 15 is 0 Å². The van der Waals surface area contributed by atoms with Crippen LogP contribution < -0.4 is 5.32 Å². The monoisotopic (exact) mass is 223 g/mol. The number of anilines is 1. The Morgan fingerprint density at radius 3 is 2.80 bits per heavy atom. The van der Waals surface area contributed by atoms with E-state index in [-0.39, 0.29) is 6.04 Å². The largest absolute Gasteiger partial charge is 0.350 e. The van der Waals surface area contributed by atoms with Gasteiger partial charge in [-0.2, -0.15) is 0 Å². The Kier molecular flexibility index (Phi) is 2.68. The van der Waals surface area contributed by atoms with Gasteiger partial charge in [-0.3, -0.25) is 0 Å². The molecule has 0 fully saturated rings. The van der Waals surface area contributed by atoms with Gasteiger partial charge in [0.2, 0.25) is 5.13 Å². The first kappa shape index (κ1) is 10.1. The number of aromatic nitrogens is 4. The summed E-state index contributed by atoms with van der Waals surface area (Å²) in [5, 5.41) is 13.0. The molecule has 2 heterocycles. The number of aryl methyl sites for hydroxylation is 2. The lowest BCUT2D eigenvalue weighted by atomic mass is 10.3. The second-order valence-corrected chi connectivity index (χ2v) is 4.57. The molecule has 2 rings (SSSR count). The summed E-state index contributed by atoms with van der Waals surface area (Å²) in [7, 11) is 1.98. The van der Waals surface area contributed by atoms with Crippen LogP contribution in [-0.4, -0.2) is 19.7 Å². The van der Waals surface area contributed by atoms with Crippen LogP contribution in [0.5, 0.6) is 0 Å². The quantitative estimate of drug-likeness (QED) is 0.861. The molecule has 1 unspecified atom stereocenters. The van der Waals surface area contributed by atoms with Crippen LogP contribution in [0.1, 0.15) is 23.8 Å². The van der Waals surface area contributed by atoms with E-state index in [1.807, 2.05) is 24.7 Å². The van der Waals surface area contributed by atoms with E-state index in [2.05, 4.69) is 27.4 Å². The minimum Gasteiger partial charge on any atom is -0.350 e. The summed E-state index contributed by atoms with van der Waals surface area (Å²) in [6.07, 6.45) is 3.72. The zero-order valence-electron chi connectivity index (χ0n) is 8.93. The maximum atomic E-state index is 4.28. The third kappa shape index (κ3) is 2.15. The first-order valence-corrected chi connectivity index (χ1v) is 5.52. The Balaban J connectivity index is 2.10. The molecule has 0 aromatic carbocycles. The lowest BCUT2D eigenvalue weighted by Crippen LogP contribution is -2.11. The number of rotatable bonds is 3. The van der Waals surface area contributed by atoms with Gasteiger partial charge in [0, 0.05) is 19.4 Å². The molecule has 2 aromatic heterocycles. The molecule has 0 saturated carbocycles. The first-order valence-electron chi connectivity index (χ1n) is 4.70. The van der Waals surface area contributed by atoms with Crippen molar-refractivity contribution in [3.05, 3.63) is 23.2 Å². The fourth-order valence-electron chi connectivity index (χ4n) is 1.40. The molecule has 0 radical (unpaired) electrons. The van der Waals surface area contributed by atoms with Crippen LogP contribution in [-0.2, 0) is 7.05 Å². The molecule has 6 heteroatoms. The first-order chi connectivity index (χ1) is 7.16. The van der Waals surface area contributed by atoms with Crippen molar-refractivity contribution in [2.45, 2.75) is 19.9 Å². The number of nitrogens with one attached hydrogen (secondary N) is 1. The minimum absolute atomic E-state index is 0.136. The zero-order valence-corrected chi connectivity index (χ0v) is 9.75. The molecule has 0 amide bonds. The third-order valence-electron chi connectivity index (χ3n) is 2.11. The molecule has 1 N–H and O–H groups in total. The molecule has 0 aliphatic rings. The predicted molar refractivity (Wildman–Crippen MR) is 59.9 cm³/mol. The van der Waals surface area contributed by atoms with Gasteiger partial charge in [-0.05, 0) is 13.8 Å². The van der Waals surface area contributed by atoms with E-state index in [0.29, 0.717) is 0 Å². The lowest BCUT2D eigenvalue weighted by Gasteiger charge is -2.11. The average molecular weight is 223 g/mol. The summed E-state index contributed by atoms with van der Waals surface area (Å²) in [4.78, 5) is 4.28. The van der Waals surface area contributed by atoms with E-state index in [0.717, 1.165) is 16.0 Å². The second-order valence-electron chi connectivity index (χ2n) is 3.39. The number of hydrogen-bond acceptors (Lipinski definition) is 5. The Hall–Kier alpha value is -1.43. The van der Waals surface area contributed by atoms with Gasteiger partial charge in [0.25, 0.3) is 0 Å². The Labute approximate surface area is 92.2 Å². The smallest absolute Gasteiger partial charge is 0.206 e. The van der Waals surface area contributed by atoms with Crippen LogP contribution in [0, 0.1) is 6.92 Å². The number of imidazole rings is 1. The second kappa shape index (κ2) is 3.98. The van der Waals surface area contributed by atoms with Crippen molar-refractivity contribution < 1.29 is 0 Å². The summed E-state index contributed by atoms with van der Waals surface area (Å²) in [6.45, 7) is 3.99. The third-order valence-corrected chi connectivity index (χ3v) is 2.88. The van der Waals surface area contributed by atoms with Gasteiger partial charge in [-0.1, -0.05) is 11.3 Å². The van der Waals surface area contributed by atoms with Crippen LogP contribution >= 0.6 is 11.3 Å². The molecule has 2 aromatic rings. The van der Waals surface area contributed by atoms with Gasteiger partial charge in [-0.15, -0.1) is 10.2 Å². The van der Waals surface area contributed by atoms with E-state index < -0.39 is 0 Å². The lowest BCUT2D eigenvalue weighted by molar-refractivity contribution is 0.719. The van der Waals surface area contributed by atoms with Crippen molar-refractivity contribution in [3.8, 4) is 0 Å². The van der Waals surface area contributed by atoms with E-state index in [1.54, 1.807) is 17.5 Å². The van der Waals surface area contributed by atoms with Crippen LogP contribution in [0.25, 0.3) is 0 Å². The average Bonchev–Trinajstić information content (AvgIpc) is 2.75. The molecule has 0 spiro atoms. The fraction of sp³-hybridized carbons (Fsp3) is 0.444. The van der Waals surface area contributed by atoms with Gasteiger partial charge < -0.3 is 9.88 Å². The maximum absolute atomic E-state index is 4.28. The predicted octanol–water partition coefficient (Wildman–Crippen LogP) is 1.75. The molecule has 5 nitrogen and oxygen atoms in total. The van der Waals surface area contributed by atoms with Gasteiger partial charge in [0.1, 0.15) is 10.8 Å². The summed E-state index contributed by atoms with van der Waals surface area (Å²) < 4.78 is 1.99. The summed E-state index contributed by atoms with van der Waals surface area (Å²) in [6, 6.07) is 0.136. The summed E-state index contributed by atoms with van der Waals surface area (Å²) in [5.74, 6) is 0.989. The highest BCUT2D eigenvalue weighted by molar-refractivity contribution is 7.15. The Morgan fingerprint density at radius 1 is 1.47 bits per heavy atom. The topological polar surface area (TPSA) is 55.6 Å². The van der Waals surface area contributed by atoms with E-state index in [1.165, 1.54) is 0 Å². The highest BCUT2D eigenvalue weighted by atomic mass is 32.1.